The molecule has 0 radical (unpaired) electrons. The summed E-state index contributed by atoms with van der Waals surface area (Å²) in [4.78, 5) is 45.8. The Labute approximate surface area is 138 Å². The van der Waals surface area contributed by atoms with Gasteiger partial charge in [0.25, 0.3) is 0 Å². The Bertz CT molecular complexity index is 603. The molecular weight excluding hydrogens is 318 g/mol. The van der Waals surface area contributed by atoms with Crippen LogP contribution in [0.2, 0.25) is 0 Å². The van der Waals surface area contributed by atoms with Crippen LogP contribution in [0.1, 0.15) is 47.4 Å². The van der Waals surface area contributed by atoms with Crippen molar-refractivity contribution in [2.24, 2.45) is 0 Å². The van der Waals surface area contributed by atoms with Crippen molar-refractivity contribution in [3.8, 4) is 0 Å². The Morgan fingerprint density at radius 2 is 1.42 bits per heavy atom. The Hall–Kier alpha value is -2.90. The number of rotatable bonds is 8. The van der Waals surface area contributed by atoms with Gasteiger partial charge < -0.3 is 24.7 Å². The van der Waals surface area contributed by atoms with E-state index in [4.69, 9.17) is 9.47 Å². The second kappa shape index (κ2) is 9.29. The Balaban J connectivity index is 3.04. The Morgan fingerprint density at radius 1 is 0.917 bits per heavy atom. The summed E-state index contributed by atoms with van der Waals surface area (Å²) in [6.45, 7) is 3.57. The average molecular weight is 336 g/mol. The second-order valence-electron chi connectivity index (χ2n) is 4.66. The fraction of sp³-hybridized carbons (Fsp3) is 0.375. The summed E-state index contributed by atoms with van der Waals surface area (Å²) in [5.41, 5.74) is 0.294. The molecule has 8 heteroatoms. The molecule has 0 atom stereocenters. The van der Waals surface area contributed by atoms with E-state index in [9.17, 15) is 24.3 Å². The van der Waals surface area contributed by atoms with Crippen LogP contribution < -0.4 is 10.4 Å². The largest absolute Gasteiger partial charge is 0.550 e. The smallest absolute Gasteiger partial charge is 0.338 e. The van der Waals surface area contributed by atoms with Gasteiger partial charge in [0.1, 0.15) is 0 Å². The molecule has 8 nitrogen and oxygen atoms in total. The molecule has 0 unspecified atom stereocenters. The number of hydrogen-bond acceptors (Lipinski definition) is 7. The number of carbonyl (C=O) groups excluding carboxylic acids is 4. The molecule has 1 amide bonds. The number of aliphatic carboxylic acids is 1. The van der Waals surface area contributed by atoms with Gasteiger partial charge in [0.05, 0.1) is 24.3 Å². The number of carboxylic acids is 1. The predicted octanol–water partition coefficient (Wildman–Crippen LogP) is 0.509. The third kappa shape index (κ3) is 6.07. The average Bonchev–Trinajstić information content (AvgIpc) is 2.53. The topological polar surface area (TPSA) is 122 Å². The number of nitrogens with one attached hydrogen (secondary N) is 1. The molecule has 0 aliphatic heterocycles. The molecule has 0 aromatic heterocycles. The highest BCUT2D eigenvalue weighted by Gasteiger charge is 2.15. The number of esters is 2. The molecule has 1 rings (SSSR count). The van der Waals surface area contributed by atoms with Crippen molar-refractivity contribution < 1.29 is 33.8 Å². The number of ether oxygens (including phenoxy) is 2. The van der Waals surface area contributed by atoms with Gasteiger partial charge in [-0.3, -0.25) is 4.79 Å². The highest BCUT2D eigenvalue weighted by Crippen LogP contribution is 2.18. The molecule has 0 saturated heterocycles. The van der Waals surface area contributed by atoms with Crippen molar-refractivity contribution in [3.05, 3.63) is 29.3 Å². The van der Waals surface area contributed by atoms with Gasteiger partial charge in [0.2, 0.25) is 5.91 Å². The molecule has 1 N–H and O–H groups in total. The first kappa shape index (κ1) is 19.1. The van der Waals surface area contributed by atoms with E-state index in [0.29, 0.717) is 0 Å². The minimum Gasteiger partial charge on any atom is -0.550 e. The van der Waals surface area contributed by atoms with E-state index in [1.165, 1.54) is 18.2 Å². The van der Waals surface area contributed by atoms with Crippen LogP contribution in [0, 0.1) is 0 Å². The summed E-state index contributed by atoms with van der Waals surface area (Å²) < 4.78 is 9.74. The van der Waals surface area contributed by atoms with Crippen LogP contribution in [0.15, 0.2) is 18.2 Å². The van der Waals surface area contributed by atoms with Crippen LogP contribution in [-0.4, -0.2) is 37.0 Å². The van der Waals surface area contributed by atoms with Crippen LogP contribution in [0.25, 0.3) is 0 Å². The first-order valence-electron chi connectivity index (χ1n) is 7.36. The maximum absolute atomic E-state index is 11.9. The van der Waals surface area contributed by atoms with Gasteiger partial charge in [-0.2, -0.15) is 0 Å². The fourth-order valence-corrected chi connectivity index (χ4v) is 1.80. The number of benzene rings is 1. The third-order valence-corrected chi connectivity index (χ3v) is 2.80. The van der Waals surface area contributed by atoms with Gasteiger partial charge >= 0.3 is 11.9 Å². The zero-order valence-corrected chi connectivity index (χ0v) is 13.4. The van der Waals surface area contributed by atoms with E-state index in [-0.39, 0.29) is 36.4 Å². The summed E-state index contributed by atoms with van der Waals surface area (Å²) in [5, 5.41) is 12.8. The molecule has 0 saturated carbocycles. The standard InChI is InChI=1S/C16H19NO7/c1-3-23-15(21)10-7-11(16(22)24-4-2)9-12(8-10)17-13(18)5-6-14(19)20/h7-9H,3-6H2,1-2H3,(H,17,18)(H,19,20)/p-1. The zero-order chi connectivity index (χ0) is 18.1. The lowest BCUT2D eigenvalue weighted by atomic mass is 10.1. The number of carboxylic acid groups (broad SMARTS) is 1. The van der Waals surface area contributed by atoms with Crippen LogP contribution >= 0.6 is 0 Å². The van der Waals surface area contributed by atoms with E-state index in [0.717, 1.165) is 0 Å². The van der Waals surface area contributed by atoms with E-state index in [2.05, 4.69) is 5.32 Å². The van der Waals surface area contributed by atoms with Gasteiger partial charge in [0.15, 0.2) is 0 Å². The number of carbonyl (C=O) groups is 4. The molecule has 24 heavy (non-hydrogen) atoms. The van der Waals surface area contributed by atoms with Gasteiger partial charge in [0, 0.05) is 18.1 Å². The van der Waals surface area contributed by atoms with Crippen LogP contribution in [-0.2, 0) is 19.1 Å². The van der Waals surface area contributed by atoms with Crippen LogP contribution in [0.4, 0.5) is 5.69 Å². The molecule has 0 heterocycles. The van der Waals surface area contributed by atoms with Crippen molar-refractivity contribution >= 4 is 29.5 Å². The minimum atomic E-state index is -1.35. The lowest BCUT2D eigenvalue weighted by Gasteiger charge is -2.10. The summed E-state index contributed by atoms with van der Waals surface area (Å²) >= 11 is 0. The second-order valence-corrected chi connectivity index (χ2v) is 4.66. The molecule has 1 aromatic carbocycles. The van der Waals surface area contributed by atoms with Crippen LogP contribution in [0.5, 0.6) is 0 Å². The van der Waals surface area contributed by atoms with Crippen LogP contribution in [0.3, 0.4) is 0 Å². The molecule has 1 aromatic rings. The van der Waals surface area contributed by atoms with Crippen molar-refractivity contribution in [3.63, 3.8) is 0 Å². The first-order valence-corrected chi connectivity index (χ1v) is 7.36. The Morgan fingerprint density at radius 3 is 1.83 bits per heavy atom. The van der Waals surface area contributed by atoms with Crippen molar-refractivity contribution in [1.29, 1.82) is 0 Å². The molecule has 0 aliphatic carbocycles. The normalized spacial score (nSPS) is 9.92. The van der Waals surface area contributed by atoms with E-state index in [1.54, 1.807) is 13.8 Å². The third-order valence-electron chi connectivity index (χ3n) is 2.80. The van der Waals surface area contributed by atoms with E-state index >= 15 is 0 Å². The molecular formula is C16H18NO7-. The molecule has 0 bridgehead atoms. The van der Waals surface area contributed by atoms with Gasteiger partial charge in [-0.15, -0.1) is 0 Å². The maximum atomic E-state index is 11.9. The summed E-state index contributed by atoms with van der Waals surface area (Å²) in [6.07, 6.45) is -0.727. The van der Waals surface area contributed by atoms with Crippen molar-refractivity contribution in [2.75, 3.05) is 18.5 Å². The SMILES string of the molecule is CCOC(=O)c1cc(NC(=O)CCC(=O)[O-])cc(C(=O)OCC)c1. The fourth-order valence-electron chi connectivity index (χ4n) is 1.80. The lowest BCUT2D eigenvalue weighted by molar-refractivity contribution is -0.305. The quantitative estimate of drug-likeness (QED) is 0.686. The van der Waals surface area contributed by atoms with Crippen molar-refractivity contribution in [2.45, 2.75) is 26.7 Å². The Kier molecular flexibility index (Phi) is 7.41. The number of hydrogen-bond donors (Lipinski definition) is 1. The number of anilines is 1. The van der Waals surface area contributed by atoms with Gasteiger partial charge in [-0.25, -0.2) is 9.59 Å². The predicted molar refractivity (Wildman–Crippen MR) is 81.2 cm³/mol. The monoisotopic (exact) mass is 336 g/mol. The summed E-state index contributed by atoms with van der Waals surface area (Å²) in [5.74, 6) is -3.25. The van der Waals surface area contributed by atoms with Gasteiger partial charge in [-0.05, 0) is 38.5 Å². The zero-order valence-electron chi connectivity index (χ0n) is 13.4. The number of amides is 1. The summed E-state index contributed by atoms with van der Waals surface area (Å²) in [6, 6.07) is 3.96. The maximum Gasteiger partial charge on any atom is 0.338 e. The molecule has 0 aliphatic rings. The van der Waals surface area contributed by atoms with Gasteiger partial charge in [-0.1, -0.05) is 0 Å². The molecule has 0 spiro atoms. The van der Waals surface area contributed by atoms with E-state index < -0.39 is 30.2 Å². The van der Waals surface area contributed by atoms with E-state index in [1.807, 2.05) is 0 Å². The highest BCUT2D eigenvalue weighted by molar-refractivity contribution is 5.99. The molecule has 0 fully saturated rings. The van der Waals surface area contributed by atoms with Crippen molar-refractivity contribution in [1.82, 2.24) is 0 Å². The molecule has 130 valence electrons. The first-order chi connectivity index (χ1) is 11.4. The summed E-state index contributed by atoms with van der Waals surface area (Å²) in [7, 11) is 0. The lowest BCUT2D eigenvalue weighted by Crippen LogP contribution is -2.24. The highest BCUT2D eigenvalue weighted by atomic mass is 16.5. The minimum absolute atomic E-state index is 0.0672.